The first-order chi connectivity index (χ1) is 13.0. The predicted octanol–water partition coefficient (Wildman–Crippen LogP) is 4.04. The molecule has 0 atom stereocenters. The maximum Gasteiger partial charge on any atom is 0.279 e. The van der Waals surface area contributed by atoms with E-state index in [1.165, 1.54) is 0 Å². The van der Waals surface area contributed by atoms with Crippen molar-refractivity contribution in [2.24, 2.45) is 0 Å². The van der Waals surface area contributed by atoms with E-state index in [9.17, 15) is 4.79 Å². The summed E-state index contributed by atoms with van der Waals surface area (Å²) < 4.78 is 12.9. The zero-order chi connectivity index (χ0) is 19.4. The molecule has 142 valence electrons. The van der Waals surface area contributed by atoms with Crippen molar-refractivity contribution in [2.75, 3.05) is 5.32 Å². The lowest BCUT2D eigenvalue weighted by molar-refractivity contribution is 0.101. The van der Waals surface area contributed by atoms with Gasteiger partial charge >= 0.3 is 0 Å². The number of rotatable bonds is 7. The molecule has 1 N–H and O–H groups in total. The van der Waals surface area contributed by atoms with Gasteiger partial charge in [0.25, 0.3) is 5.91 Å². The second-order valence-electron chi connectivity index (χ2n) is 6.47. The van der Waals surface area contributed by atoms with Crippen molar-refractivity contribution in [3.8, 4) is 5.75 Å². The van der Waals surface area contributed by atoms with E-state index < -0.39 is 0 Å². The molecule has 1 aromatic carbocycles. The summed E-state index contributed by atoms with van der Waals surface area (Å²) in [6.07, 6.45) is 0.919. The van der Waals surface area contributed by atoms with Crippen LogP contribution in [0.25, 0.3) is 0 Å². The Hall–Kier alpha value is -3.09. The fourth-order valence-electron chi connectivity index (χ4n) is 2.81. The van der Waals surface area contributed by atoms with E-state index in [1.807, 2.05) is 44.2 Å². The minimum Gasteiger partial charge on any atom is -0.488 e. The number of benzene rings is 1. The fourth-order valence-corrected chi connectivity index (χ4v) is 2.81. The summed E-state index contributed by atoms with van der Waals surface area (Å²) in [6.45, 7) is 8.63. The summed E-state index contributed by atoms with van der Waals surface area (Å²) in [7, 11) is 0. The van der Waals surface area contributed by atoms with Crippen LogP contribution in [-0.2, 0) is 13.2 Å². The molecule has 0 spiro atoms. The average Bonchev–Trinajstić information content (AvgIpc) is 3.17. The third-order valence-corrected chi connectivity index (χ3v) is 4.24. The van der Waals surface area contributed by atoms with Crippen LogP contribution in [-0.4, -0.2) is 20.8 Å². The van der Waals surface area contributed by atoms with Gasteiger partial charge in [-0.05, 0) is 38.8 Å². The number of hydrogen-bond acceptors (Lipinski definition) is 5. The van der Waals surface area contributed by atoms with Gasteiger partial charge in [-0.1, -0.05) is 30.3 Å². The van der Waals surface area contributed by atoms with Gasteiger partial charge in [-0.3, -0.25) is 4.79 Å². The first-order valence-electron chi connectivity index (χ1n) is 8.99. The second-order valence-corrected chi connectivity index (χ2v) is 6.47. The molecule has 27 heavy (non-hydrogen) atoms. The Morgan fingerprint density at radius 2 is 2.04 bits per heavy atom. The van der Waals surface area contributed by atoms with Gasteiger partial charge in [-0.25, -0.2) is 4.68 Å². The normalized spacial score (nSPS) is 10.8. The summed E-state index contributed by atoms with van der Waals surface area (Å²) in [5.41, 5.74) is 2.73. The standard InChI is InChI=1S/C20H24N4O3/c1-5-10-24-18(11-14(3)22-24)21-20(25)19-16(15(4)27-23-19)12-26-17-9-7-6-8-13(17)2/h6-9,11H,5,10,12H2,1-4H3,(H,21,25). The predicted molar refractivity (Wildman–Crippen MR) is 102 cm³/mol. The first-order valence-corrected chi connectivity index (χ1v) is 8.99. The van der Waals surface area contributed by atoms with Gasteiger partial charge in [0.05, 0.1) is 11.3 Å². The number of nitrogens with one attached hydrogen (secondary N) is 1. The first kappa shape index (κ1) is 18.7. The quantitative estimate of drug-likeness (QED) is 0.681. The SMILES string of the molecule is CCCn1nc(C)cc1NC(=O)c1noc(C)c1COc1ccccc1C. The summed E-state index contributed by atoms with van der Waals surface area (Å²) in [5, 5.41) is 11.2. The molecule has 0 saturated heterocycles. The maximum atomic E-state index is 12.8. The van der Waals surface area contributed by atoms with Crippen molar-refractivity contribution < 1.29 is 14.1 Å². The Morgan fingerprint density at radius 1 is 1.26 bits per heavy atom. The van der Waals surface area contributed by atoms with E-state index in [0.717, 1.165) is 30.0 Å². The fraction of sp³-hybridized carbons (Fsp3) is 0.350. The molecule has 0 aliphatic heterocycles. The number of para-hydroxylation sites is 1. The monoisotopic (exact) mass is 368 g/mol. The molecule has 7 heteroatoms. The number of hydrogen-bond donors (Lipinski definition) is 1. The van der Waals surface area contributed by atoms with Crippen LogP contribution in [0.3, 0.4) is 0 Å². The third kappa shape index (κ3) is 4.19. The number of aryl methyl sites for hydroxylation is 4. The van der Waals surface area contributed by atoms with Crippen LogP contribution in [0.5, 0.6) is 5.75 Å². The number of ether oxygens (including phenoxy) is 1. The minimum atomic E-state index is -0.340. The molecule has 0 fully saturated rings. The highest BCUT2D eigenvalue weighted by molar-refractivity contribution is 6.03. The molecule has 2 heterocycles. The highest BCUT2D eigenvalue weighted by atomic mass is 16.5. The molecule has 1 amide bonds. The lowest BCUT2D eigenvalue weighted by Gasteiger charge is -2.10. The van der Waals surface area contributed by atoms with Gasteiger partial charge in [0.15, 0.2) is 5.69 Å². The molecule has 3 aromatic rings. The van der Waals surface area contributed by atoms with Gasteiger partial charge in [0, 0.05) is 12.6 Å². The molecule has 7 nitrogen and oxygen atoms in total. The number of carbonyl (C=O) groups is 1. The van der Waals surface area contributed by atoms with Crippen LogP contribution in [0, 0.1) is 20.8 Å². The van der Waals surface area contributed by atoms with Crippen molar-refractivity contribution in [1.82, 2.24) is 14.9 Å². The van der Waals surface area contributed by atoms with Crippen LogP contribution in [0.4, 0.5) is 5.82 Å². The summed E-state index contributed by atoms with van der Waals surface area (Å²) in [4.78, 5) is 12.8. The number of aromatic nitrogens is 3. The summed E-state index contributed by atoms with van der Waals surface area (Å²) >= 11 is 0. The smallest absolute Gasteiger partial charge is 0.279 e. The van der Waals surface area contributed by atoms with Crippen molar-refractivity contribution >= 4 is 11.7 Å². The van der Waals surface area contributed by atoms with E-state index in [4.69, 9.17) is 9.26 Å². The lowest BCUT2D eigenvalue weighted by atomic mass is 10.2. The van der Waals surface area contributed by atoms with Gasteiger partial charge in [0.1, 0.15) is 23.9 Å². The largest absolute Gasteiger partial charge is 0.488 e. The zero-order valence-corrected chi connectivity index (χ0v) is 16.1. The van der Waals surface area contributed by atoms with E-state index in [2.05, 4.69) is 22.5 Å². The highest BCUT2D eigenvalue weighted by Gasteiger charge is 2.22. The number of nitrogens with zero attached hydrogens (tertiary/aromatic N) is 3. The number of anilines is 1. The minimum absolute atomic E-state index is 0.205. The molecule has 0 saturated carbocycles. The van der Waals surface area contributed by atoms with Gasteiger partial charge in [-0.15, -0.1) is 0 Å². The highest BCUT2D eigenvalue weighted by Crippen LogP contribution is 2.22. The lowest BCUT2D eigenvalue weighted by Crippen LogP contribution is -2.18. The Kier molecular flexibility index (Phi) is 5.59. The second kappa shape index (κ2) is 8.07. The molecule has 0 aliphatic carbocycles. The van der Waals surface area contributed by atoms with Crippen molar-refractivity contribution in [1.29, 1.82) is 0 Å². The molecule has 0 aliphatic rings. The van der Waals surface area contributed by atoms with Crippen molar-refractivity contribution in [3.05, 3.63) is 58.6 Å². The Labute approximate surface area is 158 Å². The Bertz CT molecular complexity index is 943. The third-order valence-electron chi connectivity index (χ3n) is 4.24. The van der Waals surface area contributed by atoms with Crippen LogP contribution in [0.15, 0.2) is 34.9 Å². The van der Waals surface area contributed by atoms with E-state index >= 15 is 0 Å². The molecule has 3 rings (SSSR count). The molecule has 2 aromatic heterocycles. The van der Waals surface area contributed by atoms with Gasteiger partial charge in [-0.2, -0.15) is 5.10 Å². The number of amides is 1. The van der Waals surface area contributed by atoms with Gasteiger partial charge in [0.2, 0.25) is 0 Å². The molecular weight excluding hydrogens is 344 g/mol. The van der Waals surface area contributed by atoms with E-state index in [1.54, 1.807) is 11.6 Å². The maximum absolute atomic E-state index is 12.8. The molecule has 0 unspecified atom stereocenters. The van der Waals surface area contributed by atoms with Crippen LogP contribution in [0.2, 0.25) is 0 Å². The molecular formula is C20H24N4O3. The summed E-state index contributed by atoms with van der Waals surface area (Å²) in [6, 6.07) is 9.56. The average molecular weight is 368 g/mol. The van der Waals surface area contributed by atoms with Crippen molar-refractivity contribution in [3.63, 3.8) is 0 Å². The number of carbonyl (C=O) groups excluding carboxylic acids is 1. The molecule has 0 bridgehead atoms. The van der Waals surface area contributed by atoms with E-state index in [0.29, 0.717) is 17.1 Å². The Balaban J connectivity index is 1.77. The Morgan fingerprint density at radius 3 is 2.78 bits per heavy atom. The van der Waals surface area contributed by atoms with Crippen LogP contribution < -0.4 is 10.1 Å². The van der Waals surface area contributed by atoms with Crippen LogP contribution >= 0.6 is 0 Å². The van der Waals surface area contributed by atoms with Gasteiger partial charge < -0.3 is 14.6 Å². The summed E-state index contributed by atoms with van der Waals surface area (Å²) in [5.74, 6) is 1.63. The topological polar surface area (TPSA) is 82.2 Å². The van der Waals surface area contributed by atoms with Crippen molar-refractivity contribution in [2.45, 2.75) is 47.3 Å². The van der Waals surface area contributed by atoms with E-state index in [-0.39, 0.29) is 18.2 Å². The zero-order valence-electron chi connectivity index (χ0n) is 16.1. The van der Waals surface area contributed by atoms with Crippen LogP contribution in [0.1, 0.15) is 46.4 Å². The molecule has 0 radical (unpaired) electrons.